The second-order valence-corrected chi connectivity index (χ2v) is 0.338. The van der Waals surface area contributed by atoms with E-state index in [0.717, 1.165) is 0 Å². The summed E-state index contributed by atoms with van der Waals surface area (Å²) in [5.41, 5.74) is 0. The smallest absolute Gasteiger partial charge is 0.308 e. The number of carboxylic acids is 1. The lowest BCUT2D eigenvalue weighted by Gasteiger charge is -1.58. The van der Waals surface area contributed by atoms with Crippen molar-refractivity contribution in [3.63, 3.8) is 0 Å². The van der Waals surface area contributed by atoms with Crippen LogP contribution in [0.2, 0.25) is 0 Å². The minimum atomic E-state index is -1.33. The van der Waals surface area contributed by atoms with Crippen molar-refractivity contribution in [2.45, 2.75) is 0 Å². The van der Waals surface area contributed by atoms with Crippen LogP contribution in [0.5, 0.6) is 0 Å². The lowest BCUT2D eigenvalue weighted by Crippen LogP contribution is -1.79. The molecule has 0 unspecified atom stereocenters. The number of hydrogen-bond donors (Lipinski definition) is 1. The van der Waals surface area contributed by atoms with Gasteiger partial charge in [0.15, 0.2) is 0 Å². The fourth-order valence-electron chi connectivity index (χ4n) is 0. The van der Waals surface area contributed by atoms with E-state index in [1.165, 1.54) is 0 Å². The van der Waals surface area contributed by atoms with Gasteiger partial charge in [-0.2, -0.15) is 0 Å². The van der Waals surface area contributed by atoms with E-state index in [1.54, 1.807) is 0 Å². The van der Waals surface area contributed by atoms with E-state index >= 15 is 0 Å². The first-order chi connectivity index (χ1) is 1.73. The molecule has 0 atom stereocenters. The molecule has 0 spiro atoms. The molecule has 0 saturated carbocycles. The van der Waals surface area contributed by atoms with Crippen LogP contribution in [0.1, 0.15) is 0 Å². The summed E-state index contributed by atoms with van der Waals surface area (Å²) in [6.45, 7) is 4.03. The van der Waals surface area contributed by atoms with Crippen LogP contribution in [0.4, 0.5) is 0 Å². The van der Waals surface area contributed by atoms with Crippen molar-refractivity contribution in [3.05, 3.63) is 6.92 Å². The summed E-state index contributed by atoms with van der Waals surface area (Å²) in [6, 6.07) is 0. The first-order valence-electron chi connectivity index (χ1n) is 0.716. The van der Waals surface area contributed by atoms with E-state index in [2.05, 4.69) is 6.92 Å². The molecule has 0 saturated heterocycles. The van der Waals surface area contributed by atoms with Gasteiger partial charge in [-0.1, -0.05) is 0 Å². The molecule has 22 valence electrons. The molecular formula is C2H2O2. The maximum atomic E-state index is 8.78. The van der Waals surface area contributed by atoms with Crippen LogP contribution in [-0.2, 0) is 4.79 Å². The Morgan fingerprint density at radius 1 is 2.00 bits per heavy atom. The van der Waals surface area contributed by atoms with E-state index in [9.17, 15) is 0 Å². The molecular weight excluding hydrogens is 56.0 g/mol. The van der Waals surface area contributed by atoms with Gasteiger partial charge in [0.2, 0.25) is 0 Å². The van der Waals surface area contributed by atoms with E-state index in [0.29, 0.717) is 0 Å². The van der Waals surface area contributed by atoms with Crippen molar-refractivity contribution in [2.24, 2.45) is 0 Å². The number of hydrogen-bond acceptors (Lipinski definition) is 1. The third-order valence-corrected chi connectivity index (χ3v) is 0. The predicted octanol–water partition coefficient (Wildman–Crippen LogP) is -0.218. The summed E-state index contributed by atoms with van der Waals surface area (Å²) in [4.78, 5) is 8.78. The maximum absolute atomic E-state index is 8.78. The number of carboxylic acid groups (broad SMARTS) is 1. The van der Waals surface area contributed by atoms with E-state index in [1.807, 2.05) is 0 Å². The highest BCUT2D eigenvalue weighted by atomic mass is 16.4. The zero-order valence-electron chi connectivity index (χ0n) is 1.93. The van der Waals surface area contributed by atoms with Gasteiger partial charge < -0.3 is 5.11 Å². The van der Waals surface area contributed by atoms with Crippen LogP contribution in [-0.4, -0.2) is 11.1 Å². The first-order valence-corrected chi connectivity index (χ1v) is 0.716. The van der Waals surface area contributed by atoms with Gasteiger partial charge in [-0.25, -0.2) is 0 Å². The highest BCUT2D eigenvalue weighted by Gasteiger charge is 1.67. The molecule has 2 nitrogen and oxygen atoms in total. The van der Waals surface area contributed by atoms with Gasteiger partial charge in [0.05, 0.1) is 6.92 Å². The summed E-state index contributed by atoms with van der Waals surface area (Å²) in [7, 11) is 0. The van der Waals surface area contributed by atoms with Gasteiger partial charge in [0.1, 0.15) is 0 Å². The first kappa shape index (κ1) is 3.47. The van der Waals surface area contributed by atoms with Gasteiger partial charge >= 0.3 is 5.97 Å². The molecule has 4 heavy (non-hydrogen) atoms. The summed E-state index contributed by atoms with van der Waals surface area (Å²) in [6.07, 6.45) is 0. The Hall–Kier alpha value is -0.530. The molecule has 0 aliphatic carbocycles. The van der Waals surface area contributed by atoms with Crippen LogP contribution in [0.25, 0.3) is 0 Å². The van der Waals surface area contributed by atoms with Gasteiger partial charge in [-0.15, -0.1) is 0 Å². The topological polar surface area (TPSA) is 37.3 Å². The van der Waals surface area contributed by atoms with Crippen molar-refractivity contribution in [3.8, 4) is 0 Å². The van der Waals surface area contributed by atoms with Crippen molar-refractivity contribution >= 4 is 5.97 Å². The molecule has 0 aromatic heterocycles. The van der Waals surface area contributed by atoms with E-state index in [-0.39, 0.29) is 0 Å². The molecule has 0 heterocycles. The molecule has 0 fully saturated rings. The molecule has 2 radical (unpaired) electrons. The second-order valence-electron chi connectivity index (χ2n) is 0.338. The molecule has 2 heteroatoms. The SMILES string of the molecule is [CH]C(=O)O. The minimum absolute atomic E-state index is 1.33. The fraction of sp³-hybridized carbons (Fsp3) is 0. The lowest BCUT2D eigenvalue weighted by atomic mass is 10.9. The largest absolute Gasteiger partial charge is 0.481 e. The Kier molecular flexibility index (Phi) is 0.759. The van der Waals surface area contributed by atoms with E-state index < -0.39 is 5.97 Å². The molecule has 0 aliphatic heterocycles. The second kappa shape index (κ2) is 0.875. The number of aliphatic carboxylic acids is 1. The maximum Gasteiger partial charge on any atom is 0.308 e. The van der Waals surface area contributed by atoms with Crippen LogP contribution < -0.4 is 0 Å². The average molecular weight is 58.0 g/mol. The van der Waals surface area contributed by atoms with E-state index in [4.69, 9.17) is 9.90 Å². The molecule has 0 bridgehead atoms. The summed E-state index contributed by atoms with van der Waals surface area (Å²) in [5, 5.41) is 7.19. The molecule has 0 amide bonds. The normalized spacial score (nSPS) is 6.25. The molecule has 0 aromatic carbocycles. The number of rotatable bonds is 0. The van der Waals surface area contributed by atoms with Gasteiger partial charge in [-0.05, 0) is 0 Å². The molecule has 0 rings (SSSR count). The zero-order valence-corrected chi connectivity index (χ0v) is 1.93. The van der Waals surface area contributed by atoms with Gasteiger partial charge in [0, 0.05) is 0 Å². The monoisotopic (exact) mass is 58.0 g/mol. The Balaban J connectivity index is 2.80. The predicted molar refractivity (Wildman–Crippen MR) is 11.9 cm³/mol. The Morgan fingerprint density at radius 3 is 2.00 bits per heavy atom. The summed E-state index contributed by atoms with van der Waals surface area (Å²) >= 11 is 0. The third-order valence-electron chi connectivity index (χ3n) is 0. The van der Waals surface area contributed by atoms with Crippen molar-refractivity contribution in [1.29, 1.82) is 0 Å². The highest BCUT2D eigenvalue weighted by Crippen LogP contribution is 1.40. The standard InChI is InChI=1S/C2H2O2/c1-2(3)4/h1H,(H,3,4). The van der Waals surface area contributed by atoms with Gasteiger partial charge in [0.25, 0.3) is 0 Å². The Morgan fingerprint density at radius 2 is 2.00 bits per heavy atom. The Labute approximate surface area is 24.1 Å². The summed E-state index contributed by atoms with van der Waals surface area (Å²) < 4.78 is 0. The van der Waals surface area contributed by atoms with Crippen molar-refractivity contribution in [2.75, 3.05) is 0 Å². The quantitative estimate of drug-likeness (QED) is 0.418. The average Bonchev–Trinajstić information content (AvgIpc) is 0.811. The molecule has 0 aliphatic rings. The lowest BCUT2D eigenvalue weighted by molar-refractivity contribution is -0.131. The zero-order chi connectivity index (χ0) is 3.58. The van der Waals surface area contributed by atoms with Crippen LogP contribution in [0.15, 0.2) is 0 Å². The van der Waals surface area contributed by atoms with Crippen molar-refractivity contribution in [1.82, 2.24) is 0 Å². The molecule has 0 aromatic rings. The fourth-order valence-corrected chi connectivity index (χ4v) is 0. The number of carbonyl (C=O) groups is 1. The minimum Gasteiger partial charge on any atom is -0.481 e. The van der Waals surface area contributed by atoms with Gasteiger partial charge in [-0.3, -0.25) is 4.79 Å². The molecule has 1 N–H and O–H groups in total. The third kappa shape index (κ3) is 1.16. The van der Waals surface area contributed by atoms with Crippen LogP contribution in [0.3, 0.4) is 0 Å². The van der Waals surface area contributed by atoms with Crippen LogP contribution >= 0.6 is 0 Å². The Bertz CT molecular complexity index is 27.0. The van der Waals surface area contributed by atoms with Crippen molar-refractivity contribution < 1.29 is 9.90 Å². The van der Waals surface area contributed by atoms with Crippen LogP contribution in [0, 0.1) is 6.92 Å². The summed E-state index contributed by atoms with van der Waals surface area (Å²) in [5.74, 6) is -1.33. The highest BCUT2D eigenvalue weighted by molar-refractivity contribution is 5.71.